The molecule has 0 saturated carbocycles. The van der Waals surface area contributed by atoms with Gasteiger partial charge in [-0.1, -0.05) is 6.07 Å². The Kier molecular flexibility index (Phi) is 6.90. The summed E-state index contributed by atoms with van der Waals surface area (Å²) in [7, 11) is 0. The van der Waals surface area contributed by atoms with Crippen LogP contribution < -0.4 is 14.8 Å². The summed E-state index contributed by atoms with van der Waals surface area (Å²) in [5.41, 5.74) is -0.00699. The molecule has 27 heavy (non-hydrogen) atoms. The fourth-order valence-electron chi connectivity index (χ4n) is 2.56. The van der Waals surface area contributed by atoms with Gasteiger partial charge >= 0.3 is 12.1 Å². The predicted octanol–water partition coefficient (Wildman–Crippen LogP) is 1.82. The highest BCUT2D eigenvalue weighted by molar-refractivity contribution is 5.77. The number of nitrogens with one attached hydrogen (secondary N) is 1. The average molecular weight is 381 g/mol. The van der Waals surface area contributed by atoms with Crippen LogP contribution >= 0.6 is 0 Å². The van der Waals surface area contributed by atoms with E-state index in [1.165, 1.54) is 0 Å². The van der Waals surface area contributed by atoms with E-state index in [2.05, 4.69) is 5.32 Å². The lowest BCUT2D eigenvalue weighted by Crippen LogP contribution is -2.50. The molecule has 1 heterocycles. The first kappa shape index (κ1) is 20.8. The molecule has 8 heteroatoms. The van der Waals surface area contributed by atoms with Crippen molar-refractivity contribution in [1.82, 2.24) is 5.32 Å². The monoisotopic (exact) mass is 381 g/mol. The van der Waals surface area contributed by atoms with Gasteiger partial charge in [0.15, 0.2) is 17.6 Å². The smallest absolute Gasteiger partial charge is 0.407 e. The summed E-state index contributed by atoms with van der Waals surface area (Å²) in [6.45, 7) is 7.87. The number of carbonyl (C=O) groups excluding carboxylic acids is 2. The third-order valence-corrected chi connectivity index (χ3v) is 3.67. The maximum absolute atomic E-state index is 12.3. The molecule has 1 aromatic rings. The van der Waals surface area contributed by atoms with E-state index < -0.39 is 29.8 Å². The summed E-state index contributed by atoms with van der Waals surface area (Å²) in [6.07, 6.45) is -2.10. The van der Waals surface area contributed by atoms with Gasteiger partial charge in [0, 0.05) is 0 Å². The zero-order valence-corrected chi connectivity index (χ0v) is 16.1. The van der Waals surface area contributed by atoms with Gasteiger partial charge in [-0.2, -0.15) is 0 Å². The molecule has 1 aliphatic heterocycles. The maximum Gasteiger partial charge on any atom is 0.407 e. The summed E-state index contributed by atoms with van der Waals surface area (Å²) in [6, 6.07) is 4.37. The fraction of sp³-hybridized carbons (Fsp3) is 0.579. The van der Waals surface area contributed by atoms with Crippen LogP contribution in [0.25, 0.3) is 0 Å². The number of ether oxygens (including phenoxy) is 4. The van der Waals surface area contributed by atoms with Crippen molar-refractivity contribution in [1.29, 1.82) is 0 Å². The molecule has 0 spiro atoms. The number of esters is 1. The summed E-state index contributed by atoms with van der Waals surface area (Å²) in [5.74, 6) is 0.398. The van der Waals surface area contributed by atoms with E-state index in [0.717, 1.165) is 5.56 Å². The van der Waals surface area contributed by atoms with E-state index in [1.807, 2.05) is 0 Å². The highest BCUT2D eigenvalue weighted by Crippen LogP contribution is 2.31. The highest BCUT2D eigenvalue weighted by atomic mass is 16.6. The summed E-state index contributed by atoms with van der Waals surface area (Å²) < 4.78 is 21.1. The van der Waals surface area contributed by atoms with Gasteiger partial charge in [-0.05, 0) is 51.8 Å². The van der Waals surface area contributed by atoms with Crippen molar-refractivity contribution in [3.05, 3.63) is 23.8 Å². The second-order valence-electron chi connectivity index (χ2n) is 7.13. The highest BCUT2D eigenvalue weighted by Gasteiger charge is 2.32. The minimum Gasteiger partial charge on any atom is -0.486 e. The van der Waals surface area contributed by atoms with Crippen LogP contribution in [0.15, 0.2) is 18.2 Å². The first-order valence-corrected chi connectivity index (χ1v) is 8.92. The molecule has 1 amide bonds. The molecular weight excluding hydrogens is 354 g/mol. The van der Waals surface area contributed by atoms with Gasteiger partial charge < -0.3 is 29.4 Å². The molecule has 2 N–H and O–H groups in total. The van der Waals surface area contributed by atoms with E-state index in [1.54, 1.807) is 45.9 Å². The van der Waals surface area contributed by atoms with Crippen molar-refractivity contribution < 1.29 is 33.6 Å². The van der Waals surface area contributed by atoms with Crippen LogP contribution in [0.1, 0.15) is 33.3 Å². The second kappa shape index (κ2) is 8.94. The minimum atomic E-state index is -1.55. The van der Waals surface area contributed by atoms with E-state index in [0.29, 0.717) is 24.7 Å². The summed E-state index contributed by atoms with van der Waals surface area (Å²) in [5, 5.41) is 13.0. The van der Waals surface area contributed by atoms with Crippen molar-refractivity contribution in [3.63, 3.8) is 0 Å². The second-order valence-corrected chi connectivity index (χ2v) is 7.13. The molecule has 2 atom stereocenters. The molecule has 0 aromatic heterocycles. The van der Waals surface area contributed by atoms with Crippen molar-refractivity contribution >= 4 is 12.1 Å². The number of benzene rings is 1. The average Bonchev–Trinajstić information content (AvgIpc) is 2.59. The number of rotatable bonds is 6. The van der Waals surface area contributed by atoms with Gasteiger partial charge in [0.2, 0.25) is 0 Å². The molecule has 0 aliphatic carbocycles. The molecule has 2 rings (SSSR count). The topological polar surface area (TPSA) is 103 Å². The van der Waals surface area contributed by atoms with Crippen LogP contribution in [0.3, 0.4) is 0 Å². The van der Waals surface area contributed by atoms with E-state index in [4.69, 9.17) is 18.9 Å². The molecule has 8 nitrogen and oxygen atoms in total. The molecule has 2 unspecified atom stereocenters. The molecule has 1 aliphatic rings. The van der Waals surface area contributed by atoms with Crippen LogP contribution in [0.4, 0.5) is 4.79 Å². The summed E-state index contributed by atoms with van der Waals surface area (Å²) in [4.78, 5) is 24.1. The van der Waals surface area contributed by atoms with Crippen LogP contribution in [-0.4, -0.2) is 54.7 Å². The van der Waals surface area contributed by atoms with Crippen molar-refractivity contribution in [3.8, 4) is 11.5 Å². The zero-order valence-electron chi connectivity index (χ0n) is 16.1. The Morgan fingerprint density at radius 3 is 2.52 bits per heavy atom. The SMILES string of the molecule is CCOC(=O)NC(Cc1ccc2c(c1)OCCO2)C(O)C(=O)OC(C)(C)C. The lowest BCUT2D eigenvalue weighted by molar-refractivity contribution is -0.166. The zero-order chi connectivity index (χ0) is 20.0. The number of aliphatic hydroxyl groups is 1. The molecule has 0 bridgehead atoms. The van der Waals surface area contributed by atoms with Gasteiger partial charge in [-0.3, -0.25) is 0 Å². The van der Waals surface area contributed by atoms with E-state index >= 15 is 0 Å². The van der Waals surface area contributed by atoms with Crippen molar-refractivity contribution in [2.45, 2.75) is 51.9 Å². The first-order valence-electron chi connectivity index (χ1n) is 8.92. The van der Waals surface area contributed by atoms with E-state index in [9.17, 15) is 14.7 Å². The number of amides is 1. The number of alkyl carbamates (subject to hydrolysis) is 1. The number of fused-ring (bicyclic) bond motifs is 1. The third-order valence-electron chi connectivity index (χ3n) is 3.67. The number of hydrogen-bond acceptors (Lipinski definition) is 7. The van der Waals surface area contributed by atoms with Gasteiger partial charge in [0.1, 0.15) is 18.8 Å². The standard InChI is InChI=1S/C19H27NO7/c1-5-24-18(23)20-13(16(21)17(22)27-19(2,3)4)10-12-6-7-14-15(11-12)26-9-8-25-14/h6-7,11,13,16,21H,5,8-10H2,1-4H3,(H,20,23). The van der Waals surface area contributed by atoms with Gasteiger partial charge in [0.25, 0.3) is 0 Å². The molecule has 0 fully saturated rings. The van der Waals surface area contributed by atoms with Crippen molar-refractivity contribution in [2.75, 3.05) is 19.8 Å². The van der Waals surface area contributed by atoms with Crippen LogP contribution in [-0.2, 0) is 20.7 Å². The van der Waals surface area contributed by atoms with Crippen molar-refractivity contribution in [2.24, 2.45) is 0 Å². The normalized spacial score (nSPS) is 15.4. The summed E-state index contributed by atoms with van der Waals surface area (Å²) >= 11 is 0. The number of carbonyl (C=O) groups is 2. The number of aliphatic hydroxyl groups excluding tert-OH is 1. The van der Waals surface area contributed by atoms with Crippen LogP contribution in [0.5, 0.6) is 11.5 Å². The largest absolute Gasteiger partial charge is 0.486 e. The molecule has 0 saturated heterocycles. The third kappa shape index (κ3) is 6.32. The Labute approximate surface area is 158 Å². The molecule has 1 aromatic carbocycles. The molecular formula is C19H27NO7. The predicted molar refractivity (Wildman–Crippen MR) is 96.9 cm³/mol. The van der Waals surface area contributed by atoms with E-state index in [-0.39, 0.29) is 13.0 Å². The van der Waals surface area contributed by atoms with Gasteiger partial charge in [-0.25, -0.2) is 9.59 Å². The Morgan fingerprint density at radius 1 is 1.22 bits per heavy atom. The number of hydrogen-bond donors (Lipinski definition) is 2. The van der Waals surface area contributed by atoms with Gasteiger partial charge in [0.05, 0.1) is 12.6 Å². The van der Waals surface area contributed by atoms with Crippen LogP contribution in [0.2, 0.25) is 0 Å². The fourth-order valence-corrected chi connectivity index (χ4v) is 2.56. The minimum absolute atomic E-state index is 0.172. The van der Waals surface area contributed by atoms with Crippen LogP contribution in [0, 0.1) is 0 Å². The molecule has 150 valence electrons. The quantitative estimate of drug-likeness (QED) is 0.725. The Hall–Kier alpha value is -2.48. The first-order chi connectivity index (χ1) is 12.7. The Balaban J connectivity index is 2.16. The Morgan fingerprint density at radius 2 is 1.89 bits per heavy atom. The lowest BCUT2D eigenvalue weighted by atomic mass is 10.0. The molecule has 0 radical (unpaired) electrons. The van der Waals surface area contributed by atoms with Gasteiger partial charge in [-0.15, -0.1) is 0 Å². The Bertz CT molecular complexity index is 669. The maximum atomic E-state index is 12.3. The lowest BCUT2D eigenvalue weighted by Gasteiger charge is -2.27.